The highest BCUT2D eigenvalue weighted by atomic mass is 32.2. The molecule has 0 aliphatic carbocycles. The largest absolute Gasteiger partial charge is 0.480 e. The average molecular weight is 566 g/mol. The molecule has 0 aromatic rings. The number of amides is 3. The average Bonchev–Trinajstić information content (AvgIpc) is 2.81. The number of carboxylic acid groups (broad SMARTS) is 3. The van der Waals surface area contributed by atoms with Gasteiger partial charge in [-0.3, -0.25) is 14.1 Å². The summed E-state index contributed by atoms with van der Waals surface area (Å²) >= 11 is 0. The molecule has 2 atom stereocenters. The highest BCUT2D eigenvalue weighted by molar-refractivity contribution is 7.88. The summed E-state index contributed by atoms with van der Waals surface area (Å²) in [5.41, 5.74) is 0. The van der Waals surface area contributed by atoms with E-state index in [1.807, 2.05) is 0 Å². The summed E-state index contributed by atoms with van der Waals surface area (Å²) in [5.74, 6) is -5.88. The highest BCUT2D eigenvalue weighted by Gasteiger charge is 2.59. The number of rotatable bonds is 22. The molecule has 0 aromatic heterocycles. The Kier molecular flexibility index (Phi) is 17.8. The first-order valence-electron chi connectivity index (χ1n) is 13.9. The van der Waals surface area contributed by atoms with Crippen molar-refractivity contribution in [2.75, 3.05) is 0 Å². The molecule has 0 aromatic carbocycles. The fourth-order valence-electron chi connectivity index (χ4n) is 4.92. The second-order valence-electron chi connectivity index (χ2n) is 9.92. The minimum absolute atomic E-state index is 0.0360. The van der Waals surface area contributed by atoms with E-state index in [9.17, 15) is 37.3 Å². The zero-order chi connectivity index (χ0) is 29.2. The second kappa shape index (κ2) is 18.9. The molecule has 0 radical (unpaired) electrons. The van der Waals surface area contributed by atoms with Crippen molar-refractivity contribution in [2.24, 2.45) is 5.92 Å². The topological polar surface area (TPSA) is 187 Å². The molecule has 4 N–H and O–H groups in total. The van der Waals surface area contributed by atoms with E-state index in [1.54, 1.807) is 0 Å². The van der Waals surface area contributed by atoms with Crippen LogP contribution in [-0.4, -0.2) is 62.0 Å². The van der Waals surface area contributed by atoms with Crippen molar-refractivity contribution in [3.05, 3.63) is 0 Å². The summed E-state index contributed by atoms with van der Waals surface area (Å²) in [5, 5.41) is 27.9. The second-order valence-corrected chi connectivity index (χ2v) is 11.6. The molecule has 12 heteroatoms. The summed E-state index contributed by atoms with van der Waals surface area (Å²) in [7, 11) is -5.42. The lowest BCUT2D eigenvalue weighted by Gasteiger charge is -2.34. The van der Waals surface area contributed by atoms with Crippen molar-refractivity contribution in [3.8, 4) is 0 Å². The molecule has 11 nitrogen and oxygen atoms in total. The lowest BCUT2D eigenvalue weighted by molar-refractivity contribution is -0.147. The van der Waals surface area contributed by atoms with Crippen LogP contribution in [-0.2, 0) is 19.7 Å². The van der Waals surface area contributed by atoms with Crippen molar-refractivity contribution in [1.82, 2.24) is 4.90 Å². The predicted octanol–water partition coefficient (Wildman–Crippen LogP) is 6.56. The van der Waals surface area contributed by atoms with E-state index in [0.29, 0.717) is 12.8 Å². The summed E-state index contributed by atoms with van der Waals surface area (Å²) in [4.78, 5) is 46.6. The maximum atomic E-state index is 12.7. The first-order chi connectivity index (χ1) is 17.9. The van der Waals surface area contributed by atoms with Gasteiger partial charge < -0.3 is 15.3 Å². The van der Waals surface area contributed by atoms with E-state index >= 15 is 0 Å². The quantitative estimate of drug-likeness (QED) is 0.0826. The monoisotopic (exact) mass is 565 g/mol. The number of carboxylic acids is 1. The van der Waals surface area contributed by atoms with Crippen LogP contribution in [0.15, 0.2) is 0 Å². The maximum Gasteiger partial charge on any atom is 0.423 e. The Bertz CT molecular complexity index is 831. The van der Waals surface area contributed by atoms with Gasteiger partial charge in [0.2, 0.25) is 10.7 Å². The SMILES string of the molecule is CCCCCCCCCCCCCCCCCCC(C(=O)O)(C(CC)C(=O)N(C(=O)O)C(=O)O)S(=O)(=O)O. The molecule has 222 valence electrons. The number of carbonyl (C=O) groups is 4. The van der Waals surface area contributed by atoms with E-state index in [1.165, 1.54) is 64.7 Å². The number of nitrogens with zero attached hydrogens (tertiary/aromatic N) is 1. The molecule has 0 heterocycles. The van der Waals surface area contributed by atoms with Gasteiger partial charge in [0.25, 0.3) is 10.1 Å². The first kappa shape index (κ1) is 35.8. The highest BCUT2D eigenvalue weighted by Crippen LogP contribution is 2.36. The summed E-state index contributed by atoms with van der Waals surface area (Å²) in [6.45, 7) is 3.44. The molecule has 0 bridgehead atoms. The Morgan fingerprint density at radius 1 is 0.658 bits per heavy atom. The van der Waals surface area contributed by atoms with Crippen molar-refractivity contribution >= 4 is 34.2 Å². The van der Waals surface area contributed by atoms with Gasteiger partial charge in [0.05, 0.1) is 5.92 Å². The minimum Gasteiger partial charge on any atom is -0.480 e. The number of unbranched alkanes of at least 4 members (excludes halogenated alkanes) is 15. The molecule has 0 spiro atoms. The molecule has 3 amide bonds. The smallest absolute Gasteiger partial charge is 0.423 e. The van der Waals surface area contributed by atoms with E-state index < -0.39 is 62.6 Å². The number of hydrogen-bond acceptors (Lipinski definition) is 6. The van der Waals surface area contributed by atoms with Gasteiger partial charge in [0.1, 0.15) is 0 Å². The third-order valence-electron chi connectivity index (χ3n) is 7.10. The minimum atomic E-state index is -5.42. The van der Waals surface area contributed by atoms with Gasteiger partial charge in [-0.2, -0.15) is 8.42 Å². The van der Waals surface area contributed by atoms with Gasteiger partial charge >= 0.3 is 18.2 Å². The van der Waals surface area contributed by atoms with Crippen LogP contribution in [0.4, 0.5) is 9.59 Å². The predicted molar refractivity (Wildman–Crippen MR) is 143 cm³/mol. The summed E-state index contributed by atoms with van der Waals surface area (Å²) in [6, 6.07) is 0. The Balaban J connectivity index is 4.72. The van der Waals surface area contributed by atoms with Crippen LogP contribution in [0.1, 0.15) is 129 Å². The van der Waals surface area contributed by atoms with E-state index in [4.69, 9.17) is 10.2 Å². The van der Waals surface area contributed by atoms with Crippen LogP contribution < -0.4 is 0 Å². The number of hydrogen-bond donors (Lipinski definition) is 4. The Morgan fingerprint density at radius 2 is 1.00 bits per heavy atom. The van der Waals surface area contributed by atoms with Gasteiger partial charge in [0.15, 0.2) is 0 Å². The van der Waals surface area contributed by atoms with Crippen molar-refractivity contribution in [2.45, 2.75) is 134 Å². The Hall–Kier alpha value is -2.21. The molecule has 0 aliphatic heterocycles. The van der Waals surface area contributed by atoms with Gasteiger partial charge in [0, 0.05) is 0 Å². The lowest BCUT2D eigenvalue weighted by atomic mass is 9.83. The third kappa shape index (κ3) is 11.7. The summed E-state index contributed by atoms with van der Waals surface area (Å²) < 4.78 is 31.3. The van der Waals surface area contributed by atoms with Gasteiger partial charge in [-0.15, -0.1) is 4.90 Å². The van der Waals surface area contributed by atoms with Gasteiger partial charge in [-0.05, 0) is 12.8 Å². The molecule has 0 saturated carbocycles. The third-order valence-corrected chi connectivity index (χ3v) is 8.68. The molecule has 0 fully saturated rings. The molecule has 0 saturated heterocycles. The van der Waals surface area contributed by atoms with Crippen LogP contribution in [0.25, 0.3) is 0 Å². The first-order valence-corrected chi connectivity index (χ1v) is 15.3. The number of carbonyl (C=O) groups excluding carboxylic acids is 1. The Labute approximate surface area is 226 Å². The number of imide groups is 3. The number of aliphatic carboxylic acids is 1. The van der Waals surface area contributed by atoms with Crippen molar-refractivity contribution in [1.29, 1.82) is 0 Å². The van der Waals surface area contributed by atoms with Crippen molar-refractivity contribution in [3.63, 3.8) is 0 Å². The molecule has 2 unspecified atom stereocenters. The fourth-order valence-corrected chi connectivity index (χ4v) is 6.17. The lowest BCUT2D eigenvalue weighted by Crippen LogP contribution is -2.58. The summed E-state index contributed by atoms with van der Waals surface area (Å²) in [6.07, 6.45) is 11.2. The van der Waals surface area contributed by atoms with Crippen LogP contribution in [0.5, 0.6) is 0 Å². The van der Waals surface area contributed by atoms with E-state index in [-0.39, 0.29) is 6.42 Å². The Morgan fingerprint density at radius 3 is 1.26 bits per heavy atom. The maximum absolute atomic E-state index is 12.7. The van der Waals surface area contributed by atoms with E-state index in [2.05, 4.69) is 6.92 Å². The molecule has 38 heavy (non-hydrogen) atoms. The standard InChI is InChI=1S/C26H47NO10S/c1-3-5-6-7-8-9-10-11-12-13-14-15-16-17-18-19-20-26(23(29)30,38(35,36)37)21(4-2)22(28)27(24(31)32)25(33)34/h21H,3-20H2,1-2H3,(H,29,30)(H,31,32)(H,33,34)(H,35,36,37). The van der Waals surface area contributed by atoms with Crippen LogP contribution >= 0.6 is 0 Å². The zero-order valence-electron chi connectivity index (χ0n) is 22.9. The van der Waals surface area contributed by atoms with Gasteiger partial charge in [-0.25, -0.2) is 9.59 Å². The molecule has 0 aliphatic rings. The van der Waals surface area contributed by atoms with E-state index in [0.717, 1.165) is 25.7 Å². The normalized spacial score (nSPS) is 14.0. The molecule has 0 rings (SSSR count). The van der Waals surface area contributed by atoms with Crippen molar-refractivity contribution < 1.29 is 47.5 Å². The molecular weight excluding hydrogens is 518 g/mol. The fraction of sp³-hybridized carbons (Fsp3) is 0.846. The van der Waals surface area contributed by atoms with Gasteiger partial charge in [-0.1, -0.05) is 117 Å². The molecular formula is C26H47NO10S. The van der Waals surface area contributed by atoms with Crippen LogP contribution in [0, 0.1) is 5.92 Å². The van der Waals surface area contributed by atoms with Crippen LogP contribution in [0.2, 0.25) is 0 Å². The zero-order valence-corrected chi connectivity index (χ0v) is 23.7. The van der Waals surface area contributed by atoms with Crippen LogP contribution in [0.3, 0.4) is 0 Å².